The predicted molar refractivity (Wildman–Crippen MR) is 127 cm³/mol. The first-order valence-electron chi connectivity index (χ1n) is 11.6. The molecule has 1 aliphatic rings. The number of nitrogens with zero attached hydrogens (tertiary/aromatic N) is 1. The fourth-order valence-electron chi connectivity index (χ4n) is 4.33. The van der Waals surface area contributed by atoms with Gasteiger partial charge in [-0.1, -0.05) is 12.1 Å². The fraction of sp³-hybridized carbons (Fsp3) is 0.423. The van der Waals surface area contributed by atoms with Crippen molar-refractivity contribution in [1.82, 2.24) is 10.2 Å². The molecule has 3 N–H and O–H groups in total. The average Bonchev–Trinajstić information content (AvgIpc) is 2.81. The van der Waals surface area contributed by atoms with Gasteiger partial charge in [-0.15, -0.1) is 0 Å². The zero-order chi connectivity index (χ0) is 24.7. The molecule has 0 aromatic heterocycles. The number of nitrogens with one attached hydrogen (secondary N) is 1. The van der Waals surface area contributed by atoms with E-state index in [0.29, 0.717) is 17.7 Å². The van der Waals surface area contributed by atoms with Gasteiger partial charge in [0.25, 0.3) is 11.8 Å². The number of hydrogen-bond acceptors (Lipinski definition) is 4. The van der Waals surface area contributed by atoms with E-state index in [-0.39, 0.29) is 42.9 Å². The fourth-order valence-corrected chi connectivity index (χ4v) is 4.33. The molecule has 34 heavy (non-hydrogen) atoms. The van der Waals surface area contributed by atoms with Crippen LogP contribution >= 0.6 is 0 Å². The van der Waals surface area contributed by atoms with E-state index in [0.717, 1.165) is 24.8 Å². The summed E-state index contributed by atoms with van der Waals surface area (Å²) in [5.74, 6) is -1.43. The highest BCUT2D eigenvalue weighted by Gasteiger charge is 2.29. The molecule has 0 saturated carbocycles. The molecule has 8 heteroatoms. The lowest BCUT2D eigenvalue weighted by Crippen LogP contribution is -2.49. The molecule has 3 rings (SSSR count). The number of primary amides is 1. The monoisotopic (exact) mass is 469 g/mol. The van der Waals surface area contributed by atoms with E-state index in [4.69, 9.17) is 10.5 Å². The number of halogens is 1. The van der Waals surface area contributed by atoms with Crippen molar-refractivity contribution in [3.05, 3.63) is 65.5 Å². The van der Waals surface area contributed by atoms with Crippen molar-refractivity contribution >= 4 is 17.7 Å². The summed E-state index contributed by atoms with van der Waals surface area (Å²) >= 11 is 0. The molecule has 3 atom stereocenters. The van der Waals surface area contributed by atoms with E-state index >= 15 is 0 Å². The number of likely N-dealkylation sites (tertiary alicyclic amines) is 1. The number of carbonyl (C=O) groups is 3. The number of ether oxygens (including phenoxy) is 1. The maximum atomic E-state index is 13.1. The number of carbonyl (C=O) groups excluding carboxylic acids is 3. The van der Waals surface area contributed by atoms with Crippen LogP contribution < -0.4 is 15.8 Å². The van der Waals surface area contributed by atoms with Gasteiger partial charge in [-0.05, 0) is 81.5 Å². The Bertz CT molecular complexity index is 984. The Hall–Kier alpha value is -3.42. The third-order valence-corrected chi connectivity index (χ3v) is 6.27. The minimum absolute atomic E-state index is 0.0415. The minimum Gasteiger partial charge on any atom is -0.484 e. The van der Waals surface area contributed by atoms with Gasteiger partial charge in [0.2, 0.25) is 5.91 Å². The molecule has 1 heterocycles. The summed E-state index contributed by atoms with van der Waals surface area (Å²) in [5.41, 5.74) is 6.62. The minimum atomic E-state index is -0.623. The van der Waals surface area contributed by atoms with Gasteiger partial charge in [0.1, 0.15) is 11.6 Å². The topological polar surface area (TPSA) is 102 Å². The predicted octanol–water partition coefficient (Wildman–Crippen LogP) is 3.07. The first-order chi connectivity index (χ1) is 16.2. The second-order valence-corrected chi connectivity index (χ2v) is 8.88. The summed E-state index contributed by atoms with van der Waals surface area (Å²) in [6, 6.07) is 12.7. The molecule has 0 bridgehead atoms. The highest BCUT2D eigenvalue weighted by molar-refractivity contribution is 5.94. The first kappa shape index (κ1) is 25.2. The van der Waals surface area contributed by atoms with E-state index in [1.54, 1.807) is 36.4 Å². The largest absolute Gasteiger partial charge is 0.484 e. The van der Waals surface area contributed by atoms with Gasteiger partial charge in [0.15, 0.2) is 6.61 Å². The molecule has 0 aliphatic carbocycles. The summed E-state index contributed by atoms with van der Waals surface area (Å²) in [4.78, 5) is 38.8. The van der Waals surface area contributed by atoms with E-state index in [1.165, 1.54) is 12.1 Å². The van der Waals surface area contributed by atoms with Gasteiger partial charge >= 0.3 is 0 Å². The molecule has 0 radical (unpaired) electrons. The lowest BCUT2D eigenvalue weighted by molar-refractivity contribution is -0.139. The van der Waals surface area contributed by atoms with Crippen molar-refractivity contribution in [2.45, 2.75) is 51.6 Å². The van der Waals surface area contributed by atoms with Gasteiger partial charge in [-0.3, -0.25) is 14.4 Å². The summed E-state index contributed by atoms with van der Waals surface area (Å²) in [5, 5.41) is 2.72. The van der Waals surface area contributed by atoms with Crippen LogP contribution in [-0.2, 0) is 16.0 Å². The van der Waals surface area contributed by atoms with Crippen LogP contribution in [0.15, 0.2) is 48.5 Å². The highest BCUT2D eigenvalue weighted by Crippen LogP contribution is 2.23. The molecule has 0 spiro atoms. The van der Waals surface area contributed by atoms with Crippen molar-refractivity contribution < 1.29 is 23.5 Å². The lowest BCUT2D eigenvalue weighted by Gasteiger charge is -2.38. The number of amides is 3. The van der Waals surface area contributed by atoms with Gasteiger partial charge in [0, 0.05) is 24.2 Å². The molecule has 3 amide bonds. The molecule has 1 aliphatic heterocycles. The SMILES string of the molecule is CC1CCCC(C)N1C(=O)COc1ccc(C(=O)NCC(Cc2ccc(F)cc2)C(N)=O)cc1. The Kier molecular flexibility index (Phi) is 8.62. The number of nitrogens with two attached hydrogens (primary N) is 1. The summed E-state index contributed by atoms with van der Waals surface area (Å²) in [7, 11) is 0. The number of piperidine rings is 1. The molecule has 7 nitrogen and oxygen atoms in total. The summed E-state index contributed by atoms with van der Waals surface area (Å²) in [6.45, 7) is 4.13. The third kappa shape index (κ3) is 6.79. The van der Waals surface area contributed by atoms with Crippen LogP contribution in [0.1, 0.15) is 49.0 Å². The molecule has 182 valence electrons. The van der Waals surface area contributed by atoms with Gasteiger partial charge in [0.05, 0.1) is 5.92 Å². The van der Waals surface area contributed by atoms with Gasteiger partial charge in [-0.2, -0.15) is 0 Å². The lowest BCUT2D eigenvalue weighted by atomic mass is 9.97. The van der Waals surface area contributed by atoms with Crippen LogP contribution in [0.25, 0.3) is 0 Å². The van der Waals surface area contributed by atoms with E-state index in [9.17, 15) is 18.8 Å². The van der Waals surface area contributed by atoms with Gasteiger partial charge in [-0.25, -0.2) is 4.39 Å². The number of hydrogen-bond donors (Lipinski definition) is 2. The Labute approximate surface area is 199 Å². The maximum absolute atomic E-state index is 13.1. The Morgan fingerprint density at radius 2 is 1.68 bits per heavy atom. The molecule has 1 saturated heterocycles. The van der Waals surface area contributed by atoms with Crippen molar-refractivity contribution in [3.8, 4) is 5.75 Å². The second kappa shape index (κ2) is 11.6. The number of rotatable bonds is 9. The first-order valence-corrected chi connectivity index (χ1v) is 11.6. The molecular weight excluding hydrogens is 437 g/mol. The van der Waals surface area contributed by atoms with Crippen molar-refractivity contribution in [2.24, 2.45) is 11.7 Å². The normalized spacial score (nSPS) is 18.7. The summed E-state index contributed by atoms with van der Waals surface area (Å²) < 4.78 is 18.7. The van der Waals surface area contributed by atoms with Crippen molar-refractivity contribution in [1.29, 1.82) is 0 Å². The second-order valence-electron chi connectivity index (χ2n) is 8.88. The quantitative estimate of drug-likeness (QED) is 0.589. The maximum Gasteiger partial charge on any atom is 0.260 e. The van der Waals surface area contributed by atoms with Crippen molar-refractivity contribution in [2.75, 3.05) is 13.2 Å². The molecule has 2 aromatic carbocycles. The van der Waals surface area contributed by atoms with Crippen LogP contribution in [0.2, 0.25) is 0 Å². The van der Waals surface area contributed by atoms with Crippen LogP contribution in [0.5, 0.6) is 5.75 Å². The number of benzene rings is 2. The Balaban J connectivity index is 1.50. The Morgan fingerprint density at radius 1 is 1.06 bits per heavy atom. The van der Waals surface area contributed by atoms with E-state index in [1.807, 2.05) is 4.90 Å². The average molecular weight is 470 g/mol. The van der Waals surface area contributed by atoms with Crippen molar-refractivity contribution in [3.63, 3.8) is 0 Å². The zero-order valence-electron chi connectivity index (χ0n) is 19.6. The van der Waals surface area contributed by atoms with Crippen LogP contribution in [0, 0.1) is 11.7 Å². The molecule has 1 fully saturated rings. The molecule has 3 unspecified atom stereocenters. The Morgan fingerprint density at radius 3 is 2.26 bits per heavy atom. The van der Waals surface area contributed by atoms with Crippen LogP contribution in [0.3, 0.4) is 0 Å². The van der Waals surface area contributed by atoms with Crippen LogP contribution in [-0.4, -0.2) is 47.9 Å². The molecular formula is C26H32FN3O4. The smallest absolute Gasteiger partial charge is 0.260 e. The molecule has 2 aromatic rings. The zero-order valence-corrected chi connectivity index (χ0v) is 19.6. The highest BCUT2D eigenvalue weighted by atomic mass is 19.1. The van der Waals surface area contributed by atoms with E-state index < -0.39 is 11.8 Å². The third-order valence-electron chi connectivity index (χ3n) is 6.27. The van der Waals surface area contributed by atoms with Gasteiger partial charge < -0.3 is 20.7 Å². The van der Waals surface area contributed by atoms with Crippen LogP contribution in [0.4, 0.5) is 4.39 Å². The summed E-state index contributed by atoms with van der Waals surface area (Å²) in [6.07, 6.45) is 3.43. The van der Waals surface area contributed by atoms with E-state index in [2.05, 4.69) is 19.2 Å². The standard InChI is InChI=1S/C26H32FN3O4/c1-17-4-3-5-18(2)30(17)24(31)16-34-23-12-8-20(9-13-23)26(33)29-15-21(25(28)32)14-19-6-10-22(27)11-7-19/h6-13,17-18,21H,3-5,14-16H2,1-2H3,(H2,28,32)(H,29,33).